The van der Waals surface area contributed by atoms with Gasteiger partial charge in [0.15, 0.2) is 0 Å². The van der Waals surface area contributed by atoms with Crippen molar-refractivity contribution < 1.29 is 5.11 Å². The smallest absolute Gasteiger partial charge is 0.0707 e. The molecule has 0 amide bonds. The highest BCUT2D eigenvalue weighted by molar-refractivity contribution is 4.91. The summed E-state index contributed by atoms with van der Waals surface area (Å²) in [6.07, 6.45) is 7.53. The molecule has 2 bridgehead atoms. The number of nitrogens with zero attached hydrogens (tertiary/aromatic N) is 2. The van der Waals surface area contributed by atoms with Crippen molar-refractivity contribution in [2.24, 2.45) is 0 Å². The van der Waals surface area contributed by atoms with Gasteiger partial charge in [-0.25, -0.2) is 0 Å². The number of aliphatic hydroxyl groups is 1. The van der Waals surface area contributed by atoms with Crippen LogP contribution in [0.15, 0.2) is 12.7 Å². The molecular formula is C14H26N2O. The lowest BCUT2D eigenvalue weighted by molar-refractivity contribution is -0.0486. The number of hydrogen-bond acceptors (Lipinski definition) is 3. The summed E-state index contributed by atoms with van der Waals surface area (Å²) in [5.74, 6) is 0. The minimum Gasteiger partial charge on any atom is -0.391 e. The van der Waals surface area contributed by atoms with Gasteiger partial charge in [-0.15, -0.1) is 6.58 Å². The third kappa shape index (κ3) is 3.54. The first-order chi connectivity index (χ1) is 8.31. The molecule has 3 heteroatoms. The van der Waals surface area contributed by atoms with Gasteiger partial charge in [-0.1, -0.05) is 18.9 Å². The highest BCUT2D eigenvalue weighted by Gasteiger charge is 2.35. The molecule has 3 rings (SSSR count). The quantitative estimate of drug-likeness (QED) is 0.538. The first-order valence-corrected chi connectivity index (χ1v) is 7.06. The van der Waals surface area contributed by atoms with Crippen molar-refractivity contribution in [3.63, 3.8) is 0 Å². The van der Waals surface area contributed by atoms with E-state index in [1.165, 1.54) is 25.9 Å². The average Bonchev–Trinajstić information content (AvgIpc) is 2.39. The predicted octanol–water partition coefficient (Wildman–Crippen LogP) is 1.48. The Morgan fingerprint density at radius 1 is 1.18 bits per heavy atom. The number of fused-ring (bicyclic) bond motifs is 3. The van der Waals surface area contributed by atoms with E-state index in [0.717, 1.165) is 38.9 Å². The van der Waals surface area contributed by atoms with Crippen molar-refractivity contribution in [3.05, 3.63) is 12.7 Å². The lowest BCUT2D eigenvalue weighted by Crippen LogP contribution is -2.64. The highest BCUT2D eigenvalue weighted by atomic mass is 16.3. The second-order valence-corrected chi connectivity index (χ2v) is 5.40. The van der Waals surface area contributed by atoms with Crippen LogP contribution in [0.1, 0.15) is 32.1 Å². The van der Waals surface area contributed by atoms with Crippen LogP contribution in [0, 0.1) is 0 Å². The van der Waals surface area contributed by atoms with E-state index in [0.29, 0.717) is 6.04 Å². The number of hydrogen-bond donors (Lipinski definition) is 1. The van der Waals surface area contributed by atoms with Gasteiger partial charge in [-0.05, 0) is 19.3 Å². The molecule has 17 heavy (non-hydrogen) atoms. The second kappa shape index (κ2) is 6.53. The Morgan fingerprint density at radius 2 is 1.94 bits per heavy atom. The fourth-order valence-corrected chi connectivity index (χ4v) is 3.03. The van der Waals surface area contributed by atoms with Gasteiger partial charge in [-0.3, -0.25) is 9.80 Å². The number of allylic oxidation sites excluding steroid dienone is 1. The number of unbranched alkanes of at least 4 members (excludes halogenated alkanes) is 3. The normalized spacial score (nSPS) is 33.6. The van der Waals surface area contributed by atoms with Crippen molar-refractivity contribution in [2.75, 3.05) is 32.7 Å². The zero-order chi connectivity index (χ0) is 12.1. The molecule has 2 unspecified atom stereocenters. The molecule has 0 aromatic heterocycles. The number of piperazine rings is 3. The van der Waals surface area contributed by atoms with E-state index >= 15 is 0 Å². The lowest BCUT2D eigenvalue weighted by atomic mass is 9.97. The van der Waals surface area contributed by atoms with Crippen LogP contribution in [-0.2, 0) is 0 Å². The molecule has 0 saturated carbocycles. The largest absolute Gasteiger partial charge is 0.391 e. The zero-order valence-electron chi connectivity index (χ0n) is 10.9. The fraction of sp³-hybridized carbons (Fsp3) is 0.857. The third-order valence-corrected chi connectivity index (χ3v) is 4.17. The Kier molecular flexibility index (Phi) is 5.01. The molecule has 98 valence electrons. The summed E-state index contributed by atoms with van der Waals surface area (Å²) in [4.78, 5) is 4.97. The molecule has 1 N–H and O–H groups in total. The minimum atomic E-state index is -0.123. The molecule has 0 aromatic rings. The Bertz CT molecular complexity index is 236. The number of aliphatic hydroxyl groups excluding tert-OH is 1. The van der Waals surface area contributed by atoms with Crippen LogP contribution in [0.4, 0.5) is 0 Å². The van der Waals surface area contributed by atoms with E-state index in [1.54, 1.807) is 0 Å². The monoisotopic (exact) mass is 238 g/mol. The molecule has 3 aliphatic rings. The molecular weight excluding hydrogens is 212 g/mol. The molecule has 0 aliphatic carbocycles. The molecule has 3 nitrogen and oxygen atoms in total. The van der Waals surface area contributed by atoms with Crippen LogP contribution in [-0.4, -0.2) is 59.8 Å². The van der Waals surface area contributed by atoms with Crippen LogP contribution < -0.4 is 0 Å². The van der Waals surface area contributed by atoms with Crippen molar-refractivity contribution in [3.8, 4) is 0 Å². The molecule has 0 aromatic carbocycles. The summed E-state index contributed by atoms with van der Waals surface area (Å²) in [5.41, 5.74) is 0. The molecule has 2 atom stereocenters. The average molecular weight is 238 g/mol. The van der Waals surface area contributed by atoms with Gasteiger partial charge in [0.1, 0.15) is 0 Å². The second-order valence-electron chi connectivity index (χ2n) is 5.40. The van der Waals surface area contributed by atoms with Gasteiger partial charge in [0.2, 0.25) is 0 Å². The summed E-state index contributed by atoms with van der Waals surface area (Å²) in [6, 6.07) is 0.400. The van der Waals surface area contributed by atoms with Crippen LogP contribution in [0.3, 0.4) is 0 Å². The van der Waals surface area contributed by atoms with Crippen LogP contribution in [0.25, 0.3) is 0 Å². The molecule has 0 spiro atoms. The van der Waals surface area contributed by atoms with Gasteiger partial charge in [0.05, 0.1) is 6.10 Å². The Labute approximate surface area is 105 Å². The highest BCUT2D eigenvalue weighted by Crippen LogP contribution is 2.21. The maximum absolute atomic E-state index is 10.3. The maximum Gasteiger partial charge on any atom is 0.0707 e. The van der Waals surface area contributed by atoms with Gasteiger partial charge >= 0.3 is 0 Å². The first kappa shape index (κ1) is 13.1. The van der Waals surface area contributed by atoms with Crippen LogP contribution in [0.2, 0.25) is 0 Å². The van der Waals surface area contributed by atoms with E-state index in [1.807, 2.05) is 6.08 Å². The third-order valence-electron chi connectivity index (χ3n) is 4.17. The van der Waals surface area contributed by atoms with E-state index in [2.05, 4.69) is 16.4 Å². The van der Waals surface area contributed by atoms with Gasteiger partial charge in [0, 0.05) is 38.8 Å². The summed E-state index contributed by atoms with van der Waals surface area (Å²) in [7, 11) is 0. The number of rotatable bonds is 7. The summed E-state index contributed by atoms with van der Waals surface area (Å²) >= 11 is 0. The molecule has 3 fully saturated rings. The molecule has 3 aliphatic heterocycles. The molecule has 3 heterocycles. The molecule has 3 saturated heterocycles. The Balaban J connectivity index is 1.65. The summed E-state index contributed by atoms with van der Waals surface area (Å²) < 4.78 is 0. The van der Waals surface area contributed by atoms with Crippen molar-refractivity contribution in [2.45, 2.75) is 44.2 Å². The van der Waals surface area contributed by atoms with Crippen molar-refractivity contribution >= 4 is 0 Å². The van der Waals surface area contributed by atoms with Crippen molar-refractivity contribution in [1.29, 1.82) is 0 Å². The van der Waals surface area contributed by atoms with Crippen molar-refractivity contribution in [1.82, 2.24) is 9.80 Å². The Hall–Kier alpha value is -0.380. The van der Waals surface area contributed by atoms with Gasteiger partial charge in [-0.2, -0.15) is 0 Å². The molecule has 0 radical (unpaired) electrons. The van der Waals surface area contributed by atoms with E-state index in [4.69, 9.17) is 0 Å². The van der Waals surface area contributed by atoms with Gasteiger partial charge in [0.25, 0.3) is 0 Å². The maximum atomic E-state index is 10.3. The standard InChI is InChI=1S/C14H26N2O/c1-2-3-4-5-6-7-14(17)13-12-15-8-10-16(13)11-9-15/h2,13-14,17H,1,3-12H2. The topological polar surface area (TPSA) is 26.7 Å². The fourth-order valence-electron chi connectivity index (χ4n) is 3.03. The minimum absolute atomic E-state index is 0.123. The van der Waals surface area contributed by atoms with Crippen LogP contribution >= 0.6 is 0 Å². The van der Waals surface area contributed by atoms with Gasteiger partial charge < -0.3 is 5.11 Å². The SMILES string of the molecule is C=CCCCCCC(O)C1CN2CCN1CC2. The first-order valence-electron chi connectivity index (χ1n) is 7.06. The zero-order valence-corrected chi connectivity index (χ0v) is 10.9. The Morgan fingerprint density at radius 3 is 2.53 bits per heavy atom. The van der Waals surface area contributed by atoms with E-state index in [-0.39, 0.29) is 6.10 Å². The van der Waals surface area contributed by atoms with E-state index in [9.17, 15) is 5.11 Å². The lowest BCUT2D eigenvalue weighted by Gasteiger charge is -2.49. The summed E-state index contributed by atoms with van der Waals surface area (Å²) in [5, 5.41) is 10.3. The van der Waals surface area contributed by atoms with Crippen LogP contribution in [0.5, 0.6) is 0 Å². The summed E-state index contributed by atoms with van der Waals surface area (Å²) in [6.45, 7) is 9.50. The van der Waals surface area contributed by atoms with E-state index < -0.39 is 0 Å². The predicted molar refractivity (Wildman–Crippen MR) is 71.1 cm³/mol.